The lowest BCUT2D eigenvalue weighted by atomic mass is 10.0. The van der Waals surface area contributed by atoms with Gasteiger partial charge in [-0.05, 0) is 44.7 Å². The number of hydrogen-bond donors (Lipinski definition) is 1. The fraction of sp³-hybridized carbons (Fsp3) is 0.600. The first-order valence-electron chi connectivity index (χ1n) is 7.29. The molecule has 2 aliphatic rings. The van der Waals surface area contributed by atoms with E-state index in [1.54, 1.807) is 0 Å². The van der Waals surface area contributed by atoms with Crippen molar-refractivity contribution >= 4 is 23.2 Å². The smallest absolute Gasteiger partial charge is 0.261 e. The van der Waals surface area contributed by atoms with Gasteiger partial charge in [0, 0.05) is 29.9 Å². The zero-order valence-electron chi connectivity index (χ0n) is 11.7. The average Bonchev–Trinajstić information content (AvgIpc) is 3.20. The number of nitrogens with zero attached hydrogens (tertiary/aromatic N) is 1. The lowest BCUT2D eigenvalue weighted by molar-refractivity contribution is -0.133. The molecule has 1 aliphatic carbocycles. The first kappa shape index (κ1) is 13.6. The number of carbonyl (C=O) groups excluding carboxylic acids is 2. The largest absolute Gasteiger partial charge is 0.348 e. The maximum atomic E-state index is 12.1. The summed E-state index contributed by atoms with van der Waals surface area (Å²) < 4.78 is 0. The molecule has 108 valence electrons. The Bertz CT molecular complexity index is 514. The van der Waals surface area contributed by atoms with Crippen molar-refractivity contribution in [3.63, 3.8) is 0 Å². The van der Waals surface area contributed by atoms with Gasteiger partial charge in [0.2, 0.25) is 5.91 Å². The Labute approximate surface area is 123 Å². The summed E-state index contributed by atoms with van der Waals surface area (Å²) in [6, 6.07) is 4.05. The fourth-order valence-corrected chi connectivity index (χ4v) is 3.42. The van der Waals surface area contributed by atoms with Crippen molar-refractivity contribution in [2.75, 3.05) is 13.1 Å². The third-order valence-corrected chi connectivity index (χ3v) is 5.03. The molecule has 0 aromatic carbocycles. The first-order valence-corrected chi connectivity index (χ1v) is 8.11. The number of carbonyl (C=O) groups is 2. The van der Waals surface area contributed by atoms with Gasteiger partial charge in [-0.3, -0.25) is 9.59 Å². The zero-order chi connectivity index (χ0) is 14.1. The molecule has 4 nitrogen and oxygen atoms in total. The van der Waals surface area contributed by atoms with Gasteiger partial charge in [-0.25, -0.2) is 0 Å². The second-order valence-electron chi connectivity index (χ2n) is 5.76. The Balaban J connectivity index is 1.48. The van der Waals surface area contributed by atoms with Gasteiger partial charge in [-0.15, -0.1) is 11.3 Å². The molecule has 1 saturated heterocycles. The molecule has 3 rings (SSSR count). The van der Waals surface area contributed by atoms with Gasteiger partial charge in [0.25, 0.3) is 5.91 Å². The maximum absolute atomic E-state index is 12.1. The normalized spacial score (nSPS) is 19.9. The van der Waals surface area contributed by atoms with E-state index in [0.29, 0.717) is 11.8 Å². The second-order valence-corrected chi connectivity index (χ2v) is 7.05. The van der Waals surface area contributed by atoms with Crippen molar-refractivity contribution in [1.82, 2.24) is 10.2 Å². The third kappa shape index (κ3) is 3.03. The van der Waals surface area contributed by atoms with Crippen LogP contribution in [-0.2, 0) is 4.79 Å². The van der Waals surface area contributed by atoms with Crippen LogP contribution in [0.25, 0.3) is 0 Å². The SMILES string of the molecule is Cc1ccc(C(=O)NC2CCN(C(=O)C3CC3)CC2)s1. The van der Waals surface area contributed by atoms with Crippen LogP contribution in [0.15, 0.2) is 12.1 Å². The molecule has 0 bridgehead atoms. The summed E-state index contributed by atoms with van der Waals surface area (Å²) in [6.07, 6.45) is 3.86. The number of amides is 2. The molecule has 2 amide bonds. The molecule has 1 aromatic heterocycles. The number of hydrogen-bond acceptors (Lipinski definition) is 3. The average molecular weight is 292 g/mol. The van der Waals surface area contributed by atoms with Gasteiger partial charge in [-0.2, -0.15) is 0 Å². The van der Waals surface area contributed by atoms with E-state index >= 15 is 0 Å². The van der Waals surface area contributed by atoms with Crippen molar-refractivity contribution in [3.05, 3.63) is 21.9 Å². The molecule has 0 spiro atoms. The highest BCUT2D eigenvalue weighted by molar-refractivity contribution is 7.13. The standard InChI is InChI=1S/C15H20N2O2S/c1-10-2-5-13(20-10)14(18)16-12-6-8-17(9-7-12)15(19)11-3-4-11/h2,5,11-12H,3-4,6-9H2,1H3,(H,16,18). The van der Waals surface area contributed by atoms with E-state index < -0.39 is 0 Å². The van der Waals surface area contributed by atoms with Crippen molar-refractivity contribution < 1.29 is 9.59 Å². The van der Waals surface area contributed by atoms with Crippen LogP contribution < -0.4 is 5.32 Å². The number of likely N-dealkylation sites (tertiary alicyclic amines) is 1. The molecule has 1 saturated carbocycles. The van der Waals surface area contributed by atoms with Gasteiger partial charge in [0.15, 0.2) is 0 Å². The van der Waals surface area contributed by atoms with Crippen LogP contribution in [0.2, 0.25) is 0 Å². The van der Waals surface area contributed by atoms with Gasteiger partial charge < -0.3 is 10.2 Å². The Morgan fingerprint density at radius 1 is 1.20 bits per heavy atom. The molecular formula is C15H20N2O2S. The molecule has 1 N–H and O–H groups in total. The Kier molecular flexibility index (Phi) is 3.78. The van der Waals surface area contributed by atoms with Crippen LogP contribution in [0, 0.1) is 12.8 Å². The molecule has 0 atom stereocenters. The summed E-state index contributed by atoms with van der Waals surface area (Å²) in [5, 5.41) is 3.09. The second kappa shape index (κ2) is 5.56. The van der Waals surface area contributed by atoms with Gasteiger partial charge >= 0.3 is 0 Å². The lowest BCUT2D eigenvalue weighted by Crippen LogP contribution is -2.46. The van der Waals surface area contributed by atoms with Crippen molar-refractivity contribution in [2.45, 2.75) is 38.6 Å². The quantitative estimate of drug-likeness (QED) is 0.928. The molecular weight excluding hydrogens is 272 g/mol. The lowest BCUT2D eigenvalue weighted by Gasteiger charge is -2.32. The van der Waals surface area contributed by atoms with Crippen LogP contribution in [0.5, 0.6) is 0 Å². The van der Waals surface area contributed by atoms with E-state index in [-0.39, 0.29) is 11.9 Å². The minimum Gasteiger partial charge on any atom is -0.348 e. The highest BCUT2D eigenvalue weighted by atomic mass is 32.1. The van der Waals surface area contributed by atoms with Crippen LogP contribution >= 0.6 is 11.3 Å². The molecule has 1 aliphatic heterocycles. The number of piperidine rings is 1. The molecule has 2 fully saturated rings. The van der Waals surface area contributed by atoms with E-state index in [1.165, 1.54) is 11.3 Å². The van der Waals surface area contributed by atoms with Crippen LogP contribution in [-0.4, -0.2) is 35.8 Å². The number of nitrogens with one attached hydrogen (secondary N) is 1. The van der Waals surface area contributed by atoms with Gasteiger partial charge in [0.05, 0.1) is 4.88 Å². The summed E-state index contributed by atoms with van der Waals surface area (Å²) >= 11 is 1.53. The van der Waals surface area contributed by atoms with Crippen molar-refractivity contribution in [1.29, 1.82) is 0 Å². The molecule has 5 heteroatoms. The van der Waals surface area contributed by atoms with E-state index in [0.717, 1.165) is 48.5 Å². The third-order valence-electron chi connectivity index (χ3n) is 4.03. The summed E-state index contributed by atoms with van der Waals surface area (Å²) in [5.41, 5.74) is 0. The van der Waals surface area contributed by atoms with Crippen molar-refractivity contribution in [3.8, 4) is 0 Å². The van der Waals surface area contributed by atoms with Crippen LogP contribution in [0.1, 0.15) is 40.2 Å². The fourth-order valence-electron chi connectivity index (χ4n) is 2.65. The van der Waals surface area contributed by atoms with Gasteiger partial charge in [0.1, 0.15) is 0 Å². The predicted octanol–water partition coefficient (Wildman–Crippen LogP) is 2.19. The number of thiophene rings is 1. The topological polar surface area (TPSA) is 49.4 Å². The van der Waals surface area contributed by atoms with E-state index in [1.807, 2.05) is 24.0 Å². The highest BCUT2D eigenvalue weighted by Crippen LogP contribution is 2.31. The molecule has 1 aromatic rings. The van der Waals surface area contributed by atoms with E-state index in [4.69, 9.17) is 0 Å². The predicted molar refractivity (Wildman–Crippen MR) is 78.8 cm³/mol. The van der Waals surface area contributed by atoms with Gasteiger partial charge in [-0.1, -0.05) is 0 Å². The Hall–Kier alpha value is -1.36. The van der Waals surface area contributed by atoms with Crippen LogP contribution in [0.4, 0.5) is 0 Å². The molecule has 20 heavy (non-hydrogen) atoms. The highest BCUT2D eigenvalue weighted by Gasteiger charge is 2.35. The Morgan fingerprint density at radius 3 is 2.45 bits per heavy atom. The Morgan fingerprint density at radius 2 is 1.90 bits per heavy atom. The summed E-state index contributed by atoms with van der Waals surface area (Å²) in [5.74, 6) is 0.647. The van der Waals surface area contributed by atoms with E-state index in [2.05, 4.69) is 5.32 Å². The number of aryl methyl sites for hydroxylation is 1. The van der Waals surface area contributed by atoms with Crippen LogP contribution in [0.3, 0.4) is 0 Å². The monoisotopic (exact) mass is 292 g/mol. The zero-order valence-corrected chi connectivity index (χ0v) is 12.5. The summed E-state index contributed by atoms with van der Waals surface area (Å²) in [7, 11) is 0. The number of rotatable bonds is 3. The maximum Gasteiger partial charge on any atom is 0.261 e. The molecule has 0 radical (unpaired) electrons. The van der Waals surface area contributed by atoms with Crippen molar-refractivity contribution in [2.24, 2.45) is 5.92 Å². The minimum atomic E-state index is 0.0232. The molecule has 0 unspecified atom stereocenters. The van der Waals surface area contributed by atoms with E-state index in [9.17, 15) is 9.59 Å². The first-order chi connectivity index (χ1) is 9.63. The summed E-state index contributed by atoms with van der Waals surface area (Å²) in [4.78, 5) is 27.9. The molecule has 2 heterocycles. The summed E-state index contributed by atoms with van der Waals surface area (Å²) in [6.45, 7) is 3.57. The minimum absolute atomic E-state index is 0.0232.